The standard InChI is InChI=1S/C23H27FN4O2/c1-16-4-2-11-28(15-16)12-3-10-25-23(29)20-14-21-19(9-13-30-21)22(27-20)26-18-7-5-17(24)6-8-18/h5-9,13-14,16H,2-4,10-12,15H2,1H3,(H,25,29)(H,26,27)/t16-/m1/s1. The second-order valence-corrected chi connectivity index (χ2v) is 7.98. The second-order valence-electron chi connectivity index (χ2n) is 7.98. The Bertz CT molecular complexity index is 1000. The summed E-state index contributed by atoms with van der Waals surface area (Å²) in [6.07, 6.45) is 5.03. The van der Waals surface area contributed by atoms with Crippen molar-refractivity contribution in [2.45, 2.75) is 26.2 Å². The van der Waals surface area contributed by atoms with Crippen LogP contribution in [0.1, 0.15) is 36.7 Å². The molecule has 0 bridgehead atoms. The molecule has 4 rings (SSSR count). The third kappa shape index (κ3) is 4.97. The number of hydrogen-bond acceptors (Lipinski definition) is 5. The van der Waals surface area contributed by atoms with Crippen molar-refractivity contribution in [2.75, 3.05) is 31.5 Å². The first kappa shape index (κ1) is 20.3. The summed E-state index contributed by atoms with van der Waals surface area (Å²) in [7, 11) is 0. The van der Waals surface area contributed by atoms with Gasteiger partial charge in [0.25, 0.3) is 5.91 Å². The Morgan fingerprint density at radius 1 is 1.30 bits per heavy atom. The summed E-state index contributed by atoms with van der Waals surface area (Å²) < 4.78 is 18.7. The van der Waals surface area contributed by atoms with E-state index in [4.69, 9.17) is 4.42 Å². The Morgan fingerprint density at radius 3 is 2.93 bits per heavy atom. The number of aromatic nitrogens is 1. The highest BCUT2D eigenvalue weighted by Gasteiger charge is 2.17. The molecule has 1 aliphatic heterocycles. The predicted molar refractivity (Wildman–Crippen MR) is 115 cm³/mol. The molecule has 0 spiro atoms. The summed E-state index contributed by atoms with van der Waals surface area (Å²) in [5.41, 5.74) is 1.54. The monoisotopic (exact) mass is 410 g/mol. The maximum absolute atomic E-state index is 13.2. The summed E-state index contributed by atoms with van der Waals surface area (Å²) in [6.45, 7) is 6.17. The lowest BCUT2D eigenvalue weighted by Gasteiger charge is -2.30. The molecule has 3 aromatic rings. The molecule has 0 unspecified atom stereocenters. The van der Waals surface area contributed by atoms with Gasteiger partial charge in [0.2, 0.25) is 0 Å². The van der Waals surface area contributed by atoms with Crippen molar-refractivity contribution >= 4 is 28.4 Å². The molecule has 0 radical (unpaired) electrons. The molecule has 158 valence electrons. The molecule has 2 aromatic heterocycles. The van der Waals surface area contributed by atoms with E-state index in [0.29, 0.717) is 23.6 Å². The van der Waals surface area contributed by atoms with Crippen molar-refractivity contribution in [2.24, 2.45) is 5.92 Å². The van der Waals surface area contributed by atoms with Gasteiger partial charge in [-0.05, 0) is 68.6 Å². The normalized spacial score (nSPS) is 17.2. The number of hydrogen-bond donors (Lipinski definition) is 2. The molecule has 0 saturated carbocycles. The van der Waals surface area contributed by atoms with Crippen LogP contribution < -0.4 is 10.6 Å². The van der Waals surface area contributed by atoms with Gasteiger partial charge in [0.1, 0.15) is 22.9 Å². The summed E-state index contributed by atoms with van der Waals surface area (Å²) in [4.78, 5) is 19.6. The Labute approximate surface area is 175 Å². The molecule has 1 atom stereocenters. The minimum Gasteiger partial charge on any atom is -0.464 e. The zero-order valence-corrected chi connectivity index (χ0v) is 17.2. The molecule has 1 aliphatic rings. The molecule has 3 heterocycles. The lowest BCUT2D eigenvalue weighted by Crippen LogP contribution is -2.36. The van der Waals surface area contributed by atoms with Gasteiger partial charge in [0.15, 0.2) is 0 Å². The summed E-state index contributed by atoms with van der Waals surface area (Å²) in [5.74, 6) is 0.710. The topological polar surface area (TPSA) is 70.4 Å². The molecular formula is C23H27FN4O2. The number of amides is 1. The van der Waals surface area contributed by atoms with Crippen molar-refractivity contribution in [3.8, 4) is 0 Å². The van der Waals surface area contributed by atoms with Crippen molar-refractivity contribution in [3.05, 3.63) is 54.2 Å². The van der Waals surface area contributed by atoms with Crippen molar-refractivity contribution < 1.29 is 13.6 Å². The summed E-state index contributed by atoms with van der Waals surface area (Å²) in [6, 6.07) is 9.42. The summed E-state index contributed by atoms with van der Waals surface area (Å²) in [5, 5.41) is 6.86. The van der Waals surface area contributed by atoms with E-state index in [0.717, 1.165) is 37.4 Å². The SMILES string of the molecule is C[C@@H]1CCCN(CCCNC(=O)c2cc3occc3c(Nc3ccc(F)cc3)n2)C1. The number of rotatable bonds is 7. The van der Waals surface area contributed by atoms with Crippen molar-refractivity contribution in [3.63, 3.8) is 0 Å². The number of carbonyl (C=O) groups excluding carboxylic acids is 1. The quantitative estimate of drug-likeness (QED) is 0.559. The number of benzene rings is 1. The lowest BCUT2D eigenvalue weighted by atomic mass is 10.0. The minimum absolute atomic E-state index is 0.234. The van der Waals surface area contributed by atoms with Crippen LogP contribution in [0.25, 0.3) is 11.0 Å². The highest BCUT2D eigenvalue weighted by molar-refractivity contribution is 5.99. The fourth-order valence-corrected chi connectivity index (χ4v) is 3.93. The van der Waals surface area contributed by atoms with Crippen LogP contribution in [0.4, 0.5) is 15.9 Å². The molecule has 1 fully saturated rings. The van der Waals surface area contributed by atoms with Gasteiger partial charge in [0.05, 0.1) is 11.6 Å². The van der Waals surface area contributed by atoms with Gasteiger partial charge in [-0.25, -0.2) is 9.37 Å². The Morgan fingerprint density at radius 2 is 2.13 bits per heavy atom. The van der Waals surface area contributed by atoms with Gasteiger partial charge in [-0.2, -0.15) is 0 Å². The zero-order chi connectivity index (χ0) is 20.9. The van der Waals surface area contributed by atoms with Gasteiger partial charge in [-0.15, -0.1) is 0 Å². The van der Waals surface area contributed by atoms with E-state index in [1.165, 1.54) is 25.0 Å². The van der Waals surface area contributed by atoms with E-state index in [-0.39, 0.29) is 17.4 Å². The zero-order valence-electron chi connectivity index (χ0n) is 17.2. The highest BCUT2D eigenvalue weighted by Crippen LogP contribution is 2.26. The smallest absolute Gasteiger partial charge is 0.270 e. The molecule has 1 saturated heterocycles. The molecule has 1 aromatic carbocycles. The second kappa shape index (κ2) is 9.26. The van der Waals surface area contributed by atoms with Gasteiger partial charge < -0.3 is 20.0 Å². The van der Waals surface area contributed by atoms with Crippen LogP contribution in [-0.2, 0) is 0 Å². The Kier molecular flexibility index (Phi) is 6.28. The number of carbonyl (C=O) groups is 1. The number of halogens is 1. The molecule has 7 heteroatoms. The maximum atomic E-state index is 13.2. The van der Waals surface area contributed by atoms with Crippen LogP contribution in [0.2, 0.25) is 0 Å². The average Bonchev–Trinajstić information content (AvgIpc) is 3.22. The maximum Gasteiger partial charge on any atom is 0.270 e. The van der Waals surface area contributed by atoms with Gasteiger partial charge in [-0.3, -0.25) is 4.79 Å². The minimum atomic E-state index is -0.311. The molecule has 0 aliphatic carbocycles. The van der Waals surface area contributed by atoms with Gasteiger partial charge in [-0.1, -0.05) is 6.92 Å². The van der Waals surface area contributed by atoms with Gasteiger partial charge >= 0.3 is 0 Å². The third-order valence-corrected chi connectivity index (χ3v) is 5.47. The first-order valence-electron chi connectivity index (χ1n) is 10.5. The van der Waals surface area contributed by atoms with E-state index in [9.17, 15) is 9.18 Å². The van der Waals surface area contributed by atoms with E-state index in [2.05, 4.69) is 27.4 Å². The van der Waals surface area contributed by atoms with Crippen LogP contribution in [0, 0.1) is 11.7 Å². The first-order valence-corrected chi connectivity index (χ1v) is 10.5. The van der Waals surface area contributed by atoms with Crippen LogP contribution in [-0.4, -0.2) is 42.0 Å². The largest absolute Gasteiger partial charge is 0.464 e. The van der Waals surface area contributed by atoms with E-state index >= 15 is 0 Å². The van der Waals surface area contributed by atoms with E-state index < -0.39 is 0 Å². The predicted octanol–water partition coefficient (Wildman–Crippen LogP) is 4.56. The van der Waals surface area contributed by atoms with Crippen LogP contribution in [0.5, 0.6) is 0 Å². The molecule has 2 N–H and O–H groups in total. The first-order chi connectivity index (χ1) is 14.6. The Hall–Kier alpha value is -2.93. The molecule has 1 amide bonds. The fraction of sp³-hybridized carbons (Fsp3) is 0.391. The Balaban J connectivity index is 1.39. The van der Waals surface area contributed by atoms with E-state index in [1.54, 1.807) is 30.5 Å². The number of piperidine rings is 1. The lowest BCUT2D eigenvalue weighted by molar-refractivity contribution is 0.0945. The number of nitrogens with zero attached hydrogens (tertiary/aromatic N) is 2. The van der Waals surface area contributed by atoms with Crippen molar-refractivity contribution in [1.82, 2.24) is 15.2 Å². The van der Waals surface area contributed by atoms with Gasteiger partial charge in [0, 0.05) is 24.8 Å². The average molecular weight is 410 g/mol. The van der Waals surface area contributed by atoms with E-state index in [1.807, 2.05) is 0 Å². The molecule has 30 heavy (non-hydrogen) atoms. The molecule has 6 nitrogen and oxygen atoms in total. The summed E-state index contributed by atoms with van der Waals surface area (Å²) >= 11 is 0. The number of furan rings is 1. The van der Waals surface area contributed by atoms with Crippen molar-refractivity contribution in [1.29, 1.82) is 0 Å². The van der Waals surface area contributed by atoms with Crippen LogP contribution >= 0.6 is 0 Å². The third-order valence-electron chi connectivity index (χ3n) is 5.47. The number of anilines is 2. The fourth-order valence-electron chi connectivity index (χ4n) is 3.93. The highest BCUT2D eigenvalue weighted by atomic mass is 19.1. The number of pyridine rings is 1. The number of nitrogens with one attached hydrogen (secondary N) is 2. The number of fused-ring (bicyclic) bond motifs is 1. The van der Waals surface area contributed by atoms with Crippen LogP contribution in [0.3, 0.4) is 0 Å². The van der Waals surface area contributed by atoms with Crippen LogP contribution in [0.15, 0.2) is 47.1 Å². The number of likely N-dealkylation sites (tertiary alicyclic amines) is 1. The molecular weight excluding hydrogens is 383 g/mol.